The Morgan fingerprint density at radius 2 is 1.70 bits per heavy atom. The van der Waals surface area contributed by atoms with Crippen molar-refractivity contribution < 1.29 is 14.0 Å². The Labute approximate surface area is 187 Å². The third-order valence-electron chi connectivity index (χ3n) is 4.40. The lowest BCUT2D eigenvalue weighted by molar-refractivity contribution is -0.139. The van der Waals surface area contributed by atoms with Gasteiger partial charge in [-0.15, -0.1) is 11.8 Å². The number of carbonyl (C=O) groups excluding carboxylic acids is 2. The minimum Gasteiger partial charge on any atom is -0.350 e. The first-order valence-electron chi connectivity index (χ1n) is 9.74. The van der Waals surface area contributed by atoms with Gasteiger partial charge in [-0.05, 0) is 51.0 Å². The lowest BCUT2D eigenvalue weighted by atomic mass is 10.1. The van der Waals surface area contributed by atoms with Crippen LogP contribution in [0.15, 0.2) is 48.5 Å². The normalized spacial score (nSPS) is 12.3. The van der Waals surface area contributed by atoms with Gasteiger partial charge in [-0.3, -0.25) is 9.59 Å². The number of halogens is 2. The second-order valence-corrected chi connectivity index (χ2v) is 9.51. The van der Waals surface area contributed by atoms with E-state index in [4.69, 9.17) is 11.6 Å². The van der Waals surface area contributed by atoms with Crippen molar-refractivity contribution in [2.45, 2.75) is 51.6 Å². The van der Waals surface area contributed by atoms with Crippen molar-refractivity contribution in [1.29, 1.82) is 0 Å². The molecule has 0 aromatic heterocycles. The molecule has 1 N–H and O–H groups in total. The SMILES string of the molecule is C[C@@H](C(=O)NC(C)(C)C)N(Cc1ccccc1Cl)C(=O)CSCc1ccccc1F. The van der Waals surface area contributed by atoms with Crippen LogP contribution in [0, 0.1) is 5.82 Å². The number of nitrogens with zero attached hydrogens (tertiary/aromatic N) is 1. The molecule has 0 spiro atoms. The molecule has 1 atom stereocenters. The largest absolute Gasteiger partial charge is 0.350 e. The first kappa shape index (κ1) is 24.2. The Morgan fingerprint density at radius 1 is 1.10 bits per heavy atom. The average Bonchev–Trinajstić information content (AvgIpc) is 2.67. The second-order valence-electron chi connectivity index (χ2n) is 8.11. The van der Waals surface area contributed by atoms with Crippen molar-refractivity contribution in [3.63, 3.8) is 0 Å². The quantitative estimate of drug-likeness (QED) is 0.612. The first-order valence-corrected chi connectivity index (χ1v) is 11.3. The Morgan fingerprint density at radius 3 is 2.30 bits per heavy atom. The zero-order chi connectivity index (χ0) is 22.3. The fourth-order valence-corrected chi connectivity index (χ4v) is 3.91. The summed E-state index contributed by atoms with van der Waals surface area (Å²) < 4.78 is 13.8. The Hall–Kier alpha value is -2.05. The van der Waals surface area contributed by atoms with Crippen LogP contribution in [0.1, 0.15) is 38.8 Å². The van der Waals surface area contributed by atoms with Crippen LogP contribution in [-0.4, -0.2) is 34.0 Å². The van der Waals surface area contributed by atoms with Crippen LogP contribution in [0.5, 0.6) is 0 Å². The van der Waals surface area contributed by atoms with Crippen molar-refractivity contribution in [1.82, 2.24) is 10.2 Å². The maximum Gasteiger partial charge on any atom is 0.242 e. The molecule has 30 heavy (non-hydrogen) atoms. The van der Waals surface area contributed by atoms with Crippen LogP contribution in [0.2, 0.25) is 5.02 Å². The lowest BCUT2D eigenvalue weighted by Crippen LogP contribution is -2.52. The highest BCUT2D eigenvalue weighted by molar-refractivity contribution is 7.99. The van der Waals surface area contributed by atoms with Crippen LogP contribution in [0.25, 0.3) is 0 Å². The number of amides is 2. The van der Waals surface area contributed by atoms with Crippen molar-refractivity contribution in [3.05, 3.63) is 70.5 Å². The molecule has 0 saturated heterocycles. The van der Waals surface area contributed by atoms with Crippen molar-refractivity contribution in [3.8, 4) is 0 Å². The number of thioether (sulfide) groups is 1. The van der Waals surface area contributed by atoms with Crippen molar-refractivity contribution in [2.24, 2.45) is 0 Å². The molecule has 0 unspecified atom stereocenters. The molecule has 0 saturated carbocycles. The van der Waals surface area contributed by atoms with Crippen molar-refractivity contribution in [2.75, 3.05) is 5.75 Å². The van der Waals surface area contributed by atoms with E-state index in [0.29, 0.717) is 16.3 Å². The first-order chi connectivity index (χ1) is 14.1. The number of rotatable bonds is 8. The van der Waals surface area contributed by atoms with E-state index in [0.717, 1.165) is 5.56 Å². The number of carbonyl (C=O) groups is 2. The van der Waals surface area contributed by atoms with E-state index in [1.807, 2.05) is 39.0 Å². The number of hydrogen-bond donors (Lipinski definition) is 1. The van der Waals surface area contributed by atoms with Crippen LogP contribution < -0.4 is 5.32 Å². The molecule has 0 aliphatic heterocycles. The van der Waals surface area contributed by atoms with Crippen LogP contribution in [0.4, 0.5) is 4.39 Å². The summed E-state index contributed by atoms with van der Waals surface area (Å²) in [6, 6.07) is 13.1. The lowest BCUT2D eigenvalue weighted by Gasteiger charge is -2.31. The fraction of sp³-hybridized carbons (Fsp3) is 0.391. The molecule has 0 heterocycles. The molecule has 2 rings (SSSR count). The zero-order valence-corrected chi connectivity index (χ0v) is 19.3. The van der Waals surface area contributed by atoms with E-state index < -0.39 is 11.6 Å². The summed E-state index contributed by atoms with van der Waals surface area (Å²) in [6.07, 6.45) is 0. The maximum atomic E-state index is 13.8. The number of benzene rings is 2. The van der Waals surface area contributed by atoms with E-state index in [9.17, 15) is 14.0 Å². The molecule has 0 aliphatic rings. The van der Waals surface area contributed by atoms with Gasteiger partial charge in [0.05, 0.1) is 5.75 Å². The van der Waals surface area contributed by atoms with Gasteiger partial charge in [-0.25, -0.2) is 4.39 Å². The predicted molar refractivity (Wildman–Crippen MR) is 122 cm³/mol. The molecule has 7 heteroatoms. The Balaban J connectivity index is 2.13. The minimum atomic E-state index is -0.679. The predicted octanol–water partition coefficient (Wildman–Crippen LogP) is 5.04. The molecular weight excluding hydrogens is 423 g/mol. The van der Waals surface area contributed by atoms with Gasteiger partial charge in [0.25, 0.3) is 0 Å². The summed E-state index contributed by atoms with van der Waals surface area (Å²) in [5, 5.41) is 3.46. The summed E-state index contributed by atoms with van der Waals surface area (Å²) in [7, 11) is 0. The van der Waals surface area contributed by atoms with Gasteiger partial charge in [0.1, 0.15) is 11.9 Å². The average molecular weight is 451 g/mol. The van der Waals surface area contributed by atoms with Gasteiger partial charge in [-0.1, -0.05) is 48.0 Å². The Bertz CT molecular complexity index is 886. The van der Waals surface area contributed by atoms with E-state index in [1.165, 1.54) is 22.7 Å². The standard InChI is InChI=1S/C23H28ClFN2O2S/c1-16(22(29)26-23(2,3)4)27(13-17-9-5-7-11-19(17)24)21(28)15-30-14-18-10-6-8-12-20(18)25/h5-12,16H,13-15H2,1-4H3,(H,26,29)/t16-/m0/s1. The monoisotopic (exact) mass is 450 g/mol. The summed E-state index contributed by atoms with van der Waals surface area (Å²) in [5.41, 5.74) is 0.901. The number of hydrogen-bond acceptors (Lipinski definition) is 3. The van der Waals surface area contributed by atoms with Crippen molar-refractivity contribution >= 4 is 35.2 Å². The van der Waals surface area contributed by atoms with E-state index >= 15 is 0 Å². The summed E-state index contributed by atoms with van der Waals surface area (Å²) in [6.45, 7) is 7.60. The minimum absolute atomic E-state index is 0.131. The third-order valence-corrected chi connectivity index (χ3v) is 5.74. The van der Waals surface area contributed by atoms with Crippen LogP contribution in [-0.2, 0) is 21.9 Å². The molecule has 2 aromatic rings. The summed E-state index contributed by atoms with van der Waals surface area (Å²) in [5.74, 6) is -0.217. The van der Waals surface area contributed by atoms with Gasteiger partial charge >= 0.3 is 0 Å². The molecule has 0 fully saturated rings. The molecule has 2 aromatic carbocycles. The molecule has 162 valence electrons. The molecule has 2 amide bonds. The summed E-state index contributed by atoms with van der Waals surface area (Å²) >= 11 is 7.60. The van der Waals surface area contributed by atoms with Gasteiger partial charge in [0.2, 0.25) is 11.8 Å². The molecular formula is C23H28ClFN2O2S. The molecule has 0 aliphatic carbocycles. The number of nitrogens with one attached hydrogen (secondary N) is 1. The third kappa shape index (κ3) is 7.33. The van der Waals surface area contributed by atoms with Crippen LogP contribution in [0.3, 0.4) is 0 Å². The van der Waals surface area contributed by atoms with Gasteiger partial charge in [-0.2, -0.15) is 0 Å². The summed E-state index contributed by atoms with van der Waals surface area (Å²) in [4.78, 5) is 27.3. The topological polar surface area (TPSA) is 49.4 Å². The van der Waals surface area contributed by atoms with E-state index in [1.54, 1.807) is 31.2 Å². The van der Waals surface area contributed by atoms with Gasteiger partial charge < -0.3 is 10.2 Å². The van der Waals surface area contributed by atoms with E-state index in [2.05, 4.69) is 5.32 Å². The van der Waals surface area contributed by atoms with Crippen LogP contribution >= 0.6 is 23.4 Å². The van der Waals surface area contributed by atoms with Gasteiger partial charge in [0.15, 0.2) is 0 Å². The van der Waals surface area contributed by atoms with E-state index in [-0.39, 0.29) is 29.9 Å². The molecule has 4 nitrogen and oxygen atoms in total. The zero-order valence-electron chi connectivity index (χ0n) is 17.7. The highest BCUT2D eigenvalue weighted by atomic mass is 35.5. The maximum absolute atomic E-state index is 13.8. The van der Waals surface area contributed by atoms with Gasteiger partial charge in [0, 0.05) is 22.9 Å². The highest BCUT2D eigenvalue weighted by Gasteiger charge is 2.28. The second kappa shape index (κ2) is 10.8. The highest BCUT2D eigenvalue weighted by Crippen LogP contribution is 2.21. The molecule has 0 radical (unpaired) electrons. The smallest absolute Gasteiger partial charge is 0.242 e. The fourth-order valence-electron chi connectivity index (χ4n) is 2.81. The molecule has 0 bridgehead atoms. The Kier molecular flexibility index (Phi) is 8.74.